The monoisotopic (exact) mass is 403 g/mol. The van der Waals surface area contributed by atoms with Gasteiger partial charge < -0.3 is 5.11 Å². The van der Waals surface area contributed by atoms with Gasteiger partial charge in [-0.2, -0.15) is 4.31 Å². The standard InChI is InChI=1S/C11H12BrCl2NO4S/c1-2-15(4-3-10(16)17)20(18,19)11-8(13)5-7(12)6-9(11)14/h5-6H,2-4H2,1H3,(H,16,17). The van der Waals surface area contributed by atoms with Gasteiger partial charge in [-0.05, 0) is 12.1 Å². The Hall–Kier alpha value is -0.340. The zero-order valence-corrected chi connectivity index (χ0v) is 14.4. The van der Waals surface area contributed by atoms with Crippen molar-refractivity contribution < 1.29 is 18.3 Å². The molecule has 5 nitrogen and oxygen atoms in total. The summed E-state index contributed by atoms with van der Waals surface area (Å²) < 4.78 is 26.5. The van der Waals surface area contributed by atoms with Gasteiger partial charge in [0.25, 0.3) is 0 Å². The number of rotatable bonds is 6. The molecule has 0 aromatic heterocycles. The molecule has 0 fully saturated rings. The van der Waals surface area contributed by atoms with Gasteiger partial charge in [0, 0.05) is 17.6 Å². The minimum Gasteiger partial charge on any atom is -0.481 e. The third-order valence-corrected chi connectivity index (χ3v) is 5.84. The van der Waals surface area contributed by atoms with E-state index in [0.29, 0.717) is 4.47 Å². The molecule has 0 amide bonds. The first-order valence-electron chi connectivity index (χ1n) is 5.56. The van der Waals surface area contributed by atoms with Crippen LogP contribution >= 0.6 is 39.1 Å². The van der Waals surface area contributed by atoms with E-state index in [-0.39, 0.29) is 34.5 Å². The van der Waals surface area contributed by atoms with E-state index in [1.807, 2.05) is 0 Å². The SMILES string of the molecule is CCN(CCC(=O)O)S(=O)(=O)c1c(Cl)cc(Br)cc1Cl. The average molecular weight is 405 g/mol. The van der Waals surface area contributed by atoms with Crippen molar-refractivity contribution in [1.82, 2.24) is 4.31 Å². The van der Waals surface area contributed by atoms with Gasteiger partial charge in [0.15, 0.2) is 0 Å². The summed E-state index contributed by atoms with van der Waals surface area (Å²) in [6, 6.07) is 2.84. The summed E-state index contributed by atoms with van der Waals surface area (Å²) >= 11 is 15.1. The summed E-state index contributed by atoms with van der Waals surface area (Å²) in [4.78, 5) is 10.4. The number of hydrogen-bond donors (Lipinski definition) is 1. The zero-order valence-electron chi connectivity index (χ0n) is 10.4. The molecule has 0 saturated heterocycles. The van der Waals surface area contributed by atoms with Crippen molar-refractivity contribution in [2.24, 2.45) is 0 Å². The van der Waals surface area contributed by atoms with Crippen molar-refractivity contribution in [2.75, 3.05) is 13.1 Å². The maximum absolute atomic E-state index is 12.5. The molecule has 0 unspecified atom stereocenters. The fourth-order valence-corrected chi connectivity index (χ4v) is 4.91. The van der Waals surface area contributed by atoms with Crippen molar-refractivity contribution in [2.45, 2.75) is 18.2 Å². The summed E-state index contributed by atoms with van der Waals surface area (Å²) in [7, 11) is -3.94. The predicted molar refractivity (Wildman–Crippen MR) is 80.8 cm³/mol. The molecule has 0 saturated carbocycles. The van der Waals surface area contributed by atoms with Crippen molar-refractivity contribution in [3.8, 4) is 0 Å². The number of nitrogens with zero attached hydrogens (tertiary/aromatic N) is 1. The highest BCUT2D eigenvalue weighted by Gasteiger charge is 2.28. The Kier molecular flexibility index (Phi) is 6.27. The van der Waals surface area contributed by atoms with Crippen LogP contribution in [0.15, 0.2) is 21.5 Å². The van der Waals surface area contributed by atoms with E-state index in [9.17, 15) is 13.2 Å². The zero-order chi connectivity index (χ0) is 15.5. The highest BCUT2D eigenvalue weighted by molar-refractivity contribution is 9.10. The minimum absolute atomic E-state index is 0.0156. The van der Waals surface area contributed by atoms with Gasteiger partial charge in [0.1, 0.15) is 4.90 Å². The second kappa shape index (κ2) is 7.09. The molecule has 0 aliphatic carbocycles. The van der Waals surface area contributed by atoms with Gasteiger partial charge in [-0.3, -0.25) is 4.79 Å². The summed E-state index contributed by atoms with van der Waals surface area (Å²) in [5.41, 5.74) is 0. The maximum Gasteiger partial charge on any atom is 0.304 e. The van der Waals surface area contributed by atoms with Crippen LogP contribution < -0.4 is 0 Å². The van der Waals surface area contributed by atoms with E-state index in [0.717, 1.165) is 4.31 Å². The second-order valence-corrected chi connectivity index (χ2v) is 7.44. The first-order valence-corrected chi connectivity index (χ1v) is 8.55. The lowest BCUT2D eigenvalue weighted by Crippen LogP contribution is -2.33. The van der Waals surface area contributed by atoms with E-state index < -0.39 is 16.0 Å². The number of carbonyl (C=O) groups is 1. The van der Waals surface area contributed by atoms with Crippen LogP contribution in [0.4, 0.5) is 0 Å². The number of aliphatic carboxylic acids is 1. The van der Waals surface area contributed by atoms with Gasteiger partial charge in [-0.25, -0.2) is 8.42 Å². The Labute approximate surface area is 135 Å². The van der Waals surface area contributed by atoms with E-state index in [2.05, 4.69) is 15.9 Å². The molecule has 0 spiro atoms. The van der Waals surface area contributed by atoms with Crippen LogP contribution in [0.2, 0.25) is 10.0 Å². The predicted octanol–water partition coefficient (Wildman–Crippen LogP) is 3.24. The van der Waals surface area contributed by atoms with Crippen LogP contribution in [0.1, 0.15) is 13.3 Å². The first kappa shape index (κ1) is 17.7. The van der Waals surface area contributed by atoms with Crippen molar-refractivity contribution in [3.63, 3.8) is 0 Å². The lowest BCUT2D eigenvalue weighted by atomic mass is 10.4. The third-order valence-electron chi connectivity index (χ3n) is 2.49. The minimum atomic E-state index is -3.94. The molecule has 0 bridgehead atoms. The molecule has 1 aromatic rings. The highest BCUT2D eigenvalue weighted by Crippen LogP contribution is 2.34. The highest BCUT2D eigenvalue weighted by atomic mass is 79.9. The molecule has 0 radical (unpaired) electrons. The average Bonchev–Trinajstić information content (AvgIpc) is 2.26. The number of halogens is 3. The molecule has 0 heterocycles. The topological polar surface area (TPSA) is 74.7 Å². The summed E-state index contributed by atoms with van der Waals surface area (Å²) in [6.07, 6.45) is -0.293. The number of carboxylic acid groups (broad SMARTS) is 1. The molecule has 0 aliphatic rings. The molecular formula is C11H12BrCl2NO4S. The Bertz CT molecular complexity index is 598. The quantitative estimate of drug-likeness (QED) is 0.789. The molecule has 112 valence electrons. The largest absolute Gasteiger partial charge is 0.481 e. The smallest absolute Gasteiger partial charge is 0.304 e. The molecule has 0 aliphatic heterocycles. The van der Waals surface area contributed by atoms with Gasteiger partial charge in [0.2, 0.25) is 10.0 Å². The Morgan fingerprint density at radius 3 is 2.25 bits per heavy atom. The first-order chi connectivity index (χ1) is 9.20. The van der Waals surface area contributed by atoms with Crippen molar-refractivity contribution in [1.29, 1.82) is 0 Å². The normalized spacial score (nSPS) is 11.8. The third kappa shape index (κ3) is 4.08. The van der Waals surface area contributed by atoms with Gasteiger partial charge >= 0.3 is 5.97 Å². The van der Waals surface area contributed by atoms with E-state index in [1.54, 1.807) is 6.92 Å². The van der Waals surface area contributed by atoms with E-state index >= 15 is 0 Å². The van der Waals surface area contributed by atoms with Gasteiger partial charge in [-0.1, -0.05) is 46.1 Å². The van der Waals surface area contributed by atoms with Crippen molar-refractivity contribution >= 4 is 55.1 Å². The number of carboxylic acids is 1. The molecule has 0 atom stereocenters. The summed E-state index contributed by atoms with van der Waals surface area (Å²) in [5.74, 6) is -1.08. The number of hydrogen-bond acceptors (Lipinski definition) is 3. The Morgan fingerprint density at radius 2 is 1.85 bits per heavy atom. The fourth-order valence-electron chi connectivity index (χ4n) is 1.57. The summed E-state index contributed by atoms with van der Waals surface area (Å²) in [5, 5.41) is 8.63. The summed E-state index contributed by atoms with van der Waals surface area (Å²) in [6.45, 7) is 1.59. The van der Waals surface area contributed by atoms with Crippen LogP contribution in [0, 0.1) is 0 Å². The van der Waals surface area contributed by atoms with E-state index in [1.165, 1.54) is 12.1 Å². The van der Waals surface area contributed by atoms with Crippen molar-refractivity contribution in [3.05, 3.63) is 26.7 Å². The van der Waals surface area contributed by atoms with Crippen LogP contribution in [0.25, 0.3) is 0 Å². The lowest BCUT2D eigenvalue weighted by Gasteiger charge is -2.21. The number of benzene rings is 1. The molecule has 1 aromatic carbocycles. The molecule has 20 heavy (non-hydrogen) atoms. The molecule has 9 heteroatoms. The molecular weight excluding hydrogens is 393 g/mol. The number of sulfonamides is 1. The fraction of sp³-hybridized carbons (Fsp3) is 0.364. The van der Waals surface area contributed by atoms with Crippen LogP contribution in [-0.2, 0) is 14.8 Å². The lowest BCUT2D eigenvalue weighted by molar-refractivity contribution is -0.137. The molecule has 1 rings (SSSR count). The van der Waals surface area contributed by atoms with Crippen LogP contribution in [-0.4, -0.2) is 36.9 Å². The Balaban J connectivity index is 3.24. The Morgan fingerprint density at radius 1 is 1.35 bits per heavy atom. The van der Waals surface area contributed by atoms with E-state index in [4.69, 9.17) is 28.3 Å². The van der Waals surface area contributed by atoms with Crippen LogP contribution in [0.3, 0.4) is 0 Å². The molecule has 1 N–H and O–H groups in total. The van der Waals surface area contributed by atoms with Gasteiger partial charge in [0.05, 0.1) is 16.5 Å². The maximum atomic E-state index is 12.5. The second-order valence-electron chi connectivity index (χ2n) is 3.84. The van der Waals surface area contributed by atoms with Gasteiger partial charge in [-0.15, -0.1) is 0 Å². The van der Waals surface area contributed by atoms with Crippen LogP contribution in [0.5, 0.6) is 0 Å².